The lowest BCUT2D eigenvalue weighted by molar-refractivity contribution is 0.155. The summed E-state index contributed by atoms with van der Waals surface area (Å²) < 4.78 is 0. The van der Waals surface area contributed by atoms with E-state index in [-0.39, 0.29) is 17.6 Å². The number of rotatable bonds is 3. The predicted molar refractivity (Wildman–Crippen MR) is 84.0 cm³/mol. The van der Waals surface area contributed by atoms with Crippen LogP contribution in [0.1, 0.15) is 58.9 Å². The summed E-state index contributed by atoms with van der Waals surface area (Å²) in [6.07, 6.45) is 6.33. The molecule has 0 atom stereocenters. The molecule has 1 aromatic rings. The van der Waals surface area contributed by atoms with Crippen LogP contribution in [0.25, 0.3) is 0 Å². The van der Waals surface area contributed by atoms with Crippen molar-refractivity contribution in [3.8, 4) is 0 Å². The Morgan fingerprint density at radius 2 is 1.95 bits per heavy atom. The van der Waals surface area contributed by atoms with E-state index in [4.69, 9.17) is 0 Å². The maximum atomic E-state index is 9.78. The molecule has 1 heterocycles. The van der Waals surface area contributed by atoms with Crippen molar-refractivity contribution in [2.75, 3.05) is 11.9 Å². The number of nitrogens with zero attached hydrogens (tertiary/aromatic N) is 1. The predicted octanol–water partition coefficient (Wildman–Crippen LogP) is 3.73. The van der Waals surface area contributed by atoms with Crippen molar-refractivity contribution in [3.63, 3.8) is 0 Å². The Morgan fingerprint density at radius 1 is 1.30 bits per heavy atom. The van der Waals surface area contributed by atoms with Crippen molar-refractivity contribution in [1.82, 2.24) is 4.98 Å². The quantitative estimate of drug-likeness (QED) is 0.884. The number of hydrogen-bond acceptors (Lipinski definition) is 3. The molecule has 2 rings (SSSR count). The summed E-state index contributed by atoms with van der Waals surface area (Å²) in [5, 5.41) is 13.3. The van der Waals surface area contributed by atoms with E-state index < -0.39 is 0 Å². The van der Waals surface area contributed by atoms with Gasteiger partial charge in [-0.15, -0.1) is 0 Å². The summed E-state index contributed by atoms with van der Waals surface area (Å²) in [4.78, 5) is 4.53. The van der Waals surface area contributed by atoms with Crippen molar-refractivity contribution in [2.24, 2.45) is 5.92 Å². The van der Waals surface area contributed by atoms with Gasteiger partial charge in [0.05, 0.1) is 12.1 Å². The number of hydrogen-bond donors (Lipinski definition) is 2. The van der Waals surface area contributed by atoms with E-state index in [1.165, 1.54) is 18.4 Å². The van der Waals surface area contributed by atoms with Crippen molar-refractivity contribution in [3.05, 3.63) is 23.9 Å². The SMILES string of the molecule is CC1CCC(CO)(Nc2ccc(C(C)(C)C)cn2)CC1. The van der Waals surface area contributed by atoms with Crippen LogP contribution >= 0.6 is 0 Å². The number of nitrogens with one attached hydrogen (secondary N) is 1. The highest BCUT2D eigenvalue weighted by Gasteiger charge is 2.33. The third-order valence-corrected chi connectivity index (χ3v) is 4.56. The number of anilines is 1. The Morgan fingerprint density at radius 3 is 2.40 bits per heavy atom. The fourth-order valence-electron chi connectivity index (χ4n) is 2.82. The molecule has 1 aromatic heterocycles. The van der Waals surface area contributed by atoms with Gasteiger partial charge in [0.25, 0.3) is 0 Å². The van der Waals surface area contributed by atoms with E-state index in [1.54, 1.807) is 0 Å². The lowest BCUT2D eigenvalue weighted by Crippen LogP contribution is -2.45. The highest BCUT2D eigenvalue weighted by molar-refractivity contribution is 5.40. The van der Waals surface area contributed by atoms with Gasteiger partial charge in [0.2, 0.25) is 0 Å². The summed E-state index contributed by atoms with van der Waals surface area (Å²) in [5.41, 5.74) is 1.18. The molecular weight excluding hydrogens is 248 g/mol. The first-order valence-corrected chi connectivity index (χ1v) is 7.70. The number of aliphatic hydroxyl groups is 1. The van der Waals surface area contributed by atoms with E-state index in [1.807, 2.05) is 12.3 Å². The fourth-order valence-corrected chi connectivity index (χ4v) is 2.82. The summed E-state index contributed by atoms with van der Waals surface area (Å²) in [6.45, 7) is 9.04. The van der Waals surface area contributed by atoms with Crippen molar-refractivity contribution >= 4 is 5.82 Å². The Kier molecular flexibility index (Phi) is 4.38. The van der Waals surface area contributed by atoms with Crippen LogP contribution < -0.4 is 5.32 Å². The topological polar surface area (TPSA) is 45.1 Å². The number of aliphatic hydroxyl groups excluding tert-OH is 1. The molecule has 2 N–H and O–H groups in total. The lowest BCUT2D eigenvalue weighted by Gasteiger charge is -2.39. The molecule has 1 aliphatic carbocycles. The molecule has 1 fully saturated rings. The van der Waals surface area contributed by atoms with Crippen LogP contribution in [-0.2, 0) is 5.41 Å². The van der Waals surface area contributed by atoms with Crippen molar-refractivity contribution in [2.45, 2.75) is 64.3 Å². The third kappa shape index (κ3) is 3.51. The molecule has 20 heavy (non-hydrogen) atoms. The Hall–Kier alpha value is -1.09. The summed E-state index contributed by atoms with van der Waals surface area (Å²) in [5.74, 6) is 1.65. The maximum Gasteiger partial charge on any atom is 0.126 e. The molecule has 1 aliphatic rings. The smallest absolute Gasteiger partial charge is 0.126 e. The fraction of sp³-hybridized carbons (Fsp3) is 0.706. The van der Waals surface area contributed by atoms with Crippen LogP contribution in [0, 0.1) is 5.92 Å². The van der Waals surface area contributed by atoms with Gasteiger partial charge in [-0.1, -0.05) is 33.8 Å². The van der Waals surface area contributed by atoms with Crippen molar-refractivity contribution < 1.29 is 5.11 Å². The van der Waals surface area contributed by atoms with Crippen LogP contribution in [0.2, 0.25) is 0 Å². The zero-order valence-corrected chi connectivity index (χ0v) is 13.2. The molecule has 3 nitrogen and oxygen atoms in total. The van der Waals surface area contributed by atoms with Crippen LogP contribution in [0.3, 0.4) is 0 Å². The zero-order chi connectivity index (χ0) is 14.8. The van der Waals surface area contributed by atoms with Gasteiger partial charge in [-0.25, -0.2) is 4.98 Å². The summed E-state index contributed by atoms with van der Waals surface area (Å²) in [6, 6.07) is 4.17. The maximum absolute atomic E-state index is 9.78. The number of pyridine rings is 1. The standard InChI is InChI=1S/C17H28N2O/c1-13-7-9-17(12-20,10-8-13)19-15-6-5-14(11-18-15)16(2,3)4/h5-6,11,13,20H,7-10,12H2,1-4H3,(H,18,19). The highest BCUT2D eigenvalue weighted by atomic mass is 16.3. The first-order valence-electron chi connectivity index (χ1n) is 7.70. The van der Waals surface area contributed by atoms with E-state index in [0.29, 0.717) is 0 Å². The minimum Gasteiger partial charge on any atom is -0.394 e. The molecule has 0 unspecified atom stereocenters. The summed E-state index contributed by atoms with van der Waals surface area (Å²) in [7, 11) is 0. The van der Waals surface area contributed by atoms with Gasteiger partial charge in [-0.05, 0) is 48.6 Å². The largest absolute Gasteiger partial charge is 0.394 e. The van der Waals surface area contributed by atoms with Gasteiger partial charge >= 0.3 is 0 Å². The normalized spacial score (nSPS) is 27.4. The number of aromatic nitrogens is 1. The van der Waals surface area contributed by atoms with Crippen LogP contribution in [0.5, 0.6) is 0 Å². The third-order valence-electron chi connectivity index (χ3n) is 4.56. The molecule has 0 saturated heterocycles. The lowest BCUT2D eigenvalue weighted by atomic mass is 9.77. The average molecular weight is 276 g/mol. The van der Waals surface area contributed by atoms with E-state index in [2.05, 4.69) is 44.1 Å². The second-order valence-electron chi connectivity index (χ2n) is 7.43. The Bertz CT molecular complexity index is 425. The molecule has 0 radical (unpaired) electrons. The molecule has 0 bridgehead atoms. The monoisotopic (exact) mass is 276 g/mol. The van der Waals surface area contributed by atoms with Gasteiger partial charge in [0, 0.05) is 6.20 Å². The first-order chi connectivity index (χ1) is 9.35. The van der Waals surface area contributed by atoms with Gasteiger partial charge in [-0.3, -0.25) is 0 Å². The minimum absolute atomic E-state index is 0.125. The molecule has 0 amide bonds. The molecule has 3 heteroatoms. The summed E-state index contributed by atoms with van der Waals surface area (Å²) >= 11 is 0. The molecule has 0 aromatic carbocycles. The second kappa shape index (κ2) is 5.72. The Labute approximate surface area is 122 Å². The van der Waals surface area contributed by atoms with E-state index >= 15 is 0 Å². The average Bonchev–Trinajstić information content (AvgIpc) is 2.41. The molecule has 0 spiro atoms. The van der Waals surface area contributed by atoms with E-state index in [9.17, 15) is 5.11 Å². The van der Waals surface area contributed by atoms with Gasteiger partial charge < -0.3 is 10.4 Å². The van der Waals surface area contributed by atoms with Crippen LogP contribution in [-0.4, -0.2) is 22.2 Å². The second-order valence-corrected chi connectivity index (χ2v) is 7.43. The van der Waals surface area contributed by atoms with Crippen LogP contribution in [0.15, 0.2) is 18.3 Å². The zero-order valence-electron chi connectivity index (χ0n) is 13.2. The minimum atomic E-state index is -0.178. The molecular formula is C17H28N2O. The Balaban J connectivity index is 2.08. The molecule has 0 aliphatic heterocycles. The first kappa shape index (κ1) is 15.3. The molecule has 112 valence electrons. The van der Waals surface area contributed by atoms with Gasteiger partial charge in [0.15, 0.2) is 0 Å². The van der Waals surface area contributed by atoms with E-state index in [0.717, 1.165) is 24.6 Å². The molecule has 1 saturated carbocycles. The van der Waals surface area contributed by atoms with Gasteiger partial charge in [0.1, 0.15) is 5.82 Å². The van der Waals surface area contributed by atoms with Gasteiger partial charge in [-0.2, -0.15) is 0 Å². The van der Waals surface area contributed by atoms with Crippen LogP contribution in [0.4, 0.5) is 5.82 Å². The van der Waals surface area contributed by atoms with Crippen molar-refractivity contribution in [1.29, 1.82) is 0 Å². The highest BCUT2D eigenvalue weighted by Crippen LogP contribution is 2.34.